The molecule has 0 heterocycles. The first-order chi connectivity index (χ1) is 8.83. The molecule has 1 rings (SSSR count). The quantitative estimate of drug-likeness (QED) is 0.608. The Labute approximate surface area is 111 Å². The topological polar surface area (TPSA) is 53.7 Å². The summed E-state index contributed by atoms with van der Waals surface area (Å²) in [5, 5.41) is 0. The van der Waals surface area contributed by atoms with Gasteiger partial charge >= 0.3 is 0 Å². The minimum Gasteiger partial charge on any atom is -0.379 e. The van der Waals surface area contributed by atoms with Crippen molar-refractivity contribution in [2.75, 3.05) is 46.2 Å². The zero-order valence-corrected chi connectivity index (χ0v) is 11.7. The van der Waals surface area contributed by atoms with Crippen LogP contribution >= 0.6 is 0 Å². The van der Waals surface area contributed by atoms with Crippen LogP contribution in [0, 0.1) is 11.8 Å². The fourth-order valence-electron chi connectivity index (χ4n) is 2.27. The molecule has 0 spiro atoms. The molecule has 1 aliphatic carbocycles. The highest BCUT2D eigenvalue weighted by Crippen LogP contribution is 2.28. The van der Waals surface area contributed by atoms with Crippen molar-refractivity contribution in [1.82, 2.24) is 0 Å². The van der Waals surface area contributed by atoms with E-state index in [0.29, 0.717) is 39.6 Å². The highest BCUT2D eigenvalue weighted by Gasteiger charge is 2.17. The predicted molar refractivity (Wildman–Crippen MR) is 72.6 cm³/mol. The SMILES string of the molecule is CC1CCC(COCCOCCOCCN)CC1. The second-order valence-electron chi connectivity index (χ2n) is 5.21. The maximum atomic E-state index is 5.65. The average Bonchev–Trinajstić information content (AvgIpc) is 2.39. The molecule has 0 unspecified atom stereocenters. The van der Waals surface area contributed by atoms with Crippen molar-refractivity contribution in [1.29, 1.82) is 0 Å². The van der Waals surface area contributed by atoms with Gasteiger partial charge in [0.1, 0.15) is 0 Å². The van der Waals surface area contributed by atoms with E-state index in [1.807, 2.05) is 0 Å². The monoisotopic (exact) mass is 259 g/mol. The summed E-state index contributed by atoms with van der Waals surface area (Å²) < 4.78 is 16.2. The van der Waals surface area contributed by atoms with Crippen LogP contribution in [-0.2, 0) is 14.2 Å². The molecule has 4 nitrogen and oxygen atoms in total. The summed E-state index contributed by atoms with van der Waals surface area (Å²) >= 11 is 0. The van der Waals surface area contributed by atoms with E-state index in [1.165, 1.54) is 25.7 Å². The van der Waals surface area contributed by atoms with Crippen molar-refractivity contribution in [3.8, 4) is 0 Å². The Morgan fingerprint density at radius 1 is 0.833 bits per heavy atom. The minimum absolute atomic E-state index is 0.573. The summed E-state index contributed by atoms with van der Waals surface area (Å²) in [7, 11) is 0. The van der Waals surface area contributed by atoms with E-state index in [1.54, 1.807) is 0 Å². The molecule has 4 heteroatoms. The van der Waals surface area contributed by atoms with Crippen LogP contribution in [0.4, 0.5) is 0 Å². The van der Waals surface area contributed by atoms with Gasteiger partial charge in [0.25, 0.3) is 0 Å². The molecular formula is C14H29NO3. The largest absolute Gasteiger partial charge is 0.379 e. The molecule has 0 radical (unpaired) electrons. The zero-order chi connectivity index (χ0) is 13.1. The average molecular weight is 259 g/mol. The highest BCUT2D eigenvalue weighted by atomic mass is 16.5. The van der Waals surface area contributed by atoms with E-state index in [0.717, 1.165) is 18.4 Å². The smallest absolute Gasteiger partial charge is 0.0701 e. The van der Waals surface area contributed by atoms with Crippen LogP contribution in [0.1, 0.15) is 32.6 Å². The molecule has 108 valence electrons. The van der Waals surface area contributed by atoms with Crippen LogP contribution in [0.3, 0.4) is 0 Å². The molecule has 2 N–H and O–H groups in total. The molecule has 0 aromatic heterocycles. The van der Waals surface area contributed by atoms with Gasteiger partial charge in [-0.1, -0.05) is 19.8 Å². The maximum Gasteiger partial charge on any atom is 0.0701 e. The van der Waals surface area contributed by atoms with Crippen LogP contribution in [-0.4, -0.2) is 46.2 Å². The van der Waals surface area contributed by atoms with Crippen LogP contribution < -0.4 is 5.73 Å². The Bertz CT molecular complexity index is 182. The van der Waals surface area contributed by atoms with Gasteiger partial charge in [0, 0.05) is 13.2 Å². The van der Waals surface area contributed by atoms with Crippen molar-refractivity contribution in [3.05, 3.63) is 0 Å². The van der Waals surface area contributed by atoms with Crippen LogP contribution in [0.2, 0.25) is 0 Å². The van der Waals surface area contributed by atoms with Crippen molar-refractivity contribution < 1.29 is 14.2 Å². The fourth-order valence-corrected chi connectivity index (χ4v) is 2.27. The van der Waals surface area contributed by atoms with Gasteiger partial charge in [-0.05, 0) is 24.7 Å². The van der Waals surface area contributed by atoms with Crippen LogP contribution in [0.5, 0.6) is 0 Å². The van der Waals surface area contributed by atoms with E-state index in [2.05, 4.69) is 6.92 Å². The molecule has 0 amide bonds. The van der Waals surface area contributed by atoms with Gasteiger partial charge in [-0.15, -0.1) is 0 Å². The van der Waals surface area contributed by atoms with E-state index in [-0.39, 0.29) is 0 Å². The van der Waals surface area contributed by atoms with Gasteiger partial charge in [-0.2, -0.15) is 0 Å². The van der Waals surface area contributed by atoms with Gasteiger partial charge in [0.05, 0.1) is 33.0 Å². The molecule has 0 aliphatic heterocycles. The third kappa shape index (κ3) is 8.03. The first-order valence-corrected chi connectivity index (χ1v) is 7.26. The number of ether oxygens (including phenoxy) is 3. The lowest BCUT2D eigenvalue weighted by Crippen LogP contribution is -2.19. The Hall–Kier alpha value is -0.160. The van der Waals surface area contributed by atoms with Gasteiger partial charge in [0.15, 0.2) is 0 Å². The summed E-state index contributed by atoms with van der Waals surface area (Å²) in [5.74, 6) is 1.69. The third-order valence-electron chi connectivity index (χ3n) is 3.50. The number of hydrogen-bond acceptors (Lipinski definition) is 4. The third-order valence-corrected chi connectivity index (χ3v) is 3.50. The molecule has 0 aromatic rings. The van der Waals surface area contributed by atoms with Crippen molar-refractivity contribution in [2.24, 2.45) is 17.6 Å². The summed E-state index contributed by atoms with van der Waals surface area (Å²) in [6.45, 7) is 7.04. The Kier molecular flexibility index (Phi) is 9.48. The minimum atomic E-state index is 0.573. The standard InChI is InChI=1S/C14H29NO3/c1-13-2-4-14(5-3-13)12-18-11-10-17-9-8-16-7-6-15/h13-14H,2-12,15H2,1H3. The normalized spacial score (nSPS) is 24.3. The Balaban J connectivity index is 1.78. The van der Waals surface area contributed by atoms with Gasteiger partial charge < -0.3 is 19.9 Å². The second kappa shape index (κ2) is 10.7. The first kappa shape index (κ1) is 15.9. The van der Waals surface area contributed by atoms with Crippen molar-refractivity contribution in [3.63, 3.8) is 0 Å². The van der Waals surface area contributed by atoms with Crippen molar-refractivity contribution >= 4 is 0 Å². The van der Waals surface area contributed by atoms with Gasteiger partial charge in [-0.3, -0.25) is 0 Å². The Morgan fingerprint density at radius 2 is 1.39 bits per heavy atom. The van der Waals surface area contributed by atoms with Gasteiger partial charge in [-0.25, -0.2) is 0 Å². The van der Waals surface area contributed by atoms with Crippen LogP contribution in [0.25, 0.3) is 0 Å². The fraction of sp³-hybridized carbons (Fsp3) is 1.00. The lowest BCUT2D eigenvalue weighted by molar-refractivity contribution is 0.00431. The predicted octanol–water partition coefficient (Wildman–Crippen LogP) is 1.82. The molecule has 1 saturated carbocycles. The number of hydrogen-bond donors (Lipinski definition) is 1. The zero-order valence-electron chi connectivity index (χ0n) is 11.7. The second-order valence-corrected chi connectivity index (χ2v) is 5.21. The summed E-state index contributed by atoms with van der Waals surface area (Å²) in [4.78, 5) is 0. The molecular weight excluding hydrogens is 230 g/mol. The maximum absolute atomic E-state index is 5.65. The summed E-state index contributed by atoms with van der Waals surface area (Å²) in [6.07, 6.45) is 5.38. The molecule has 0 atom stereocenters. The Morgan fingerprint density at radius 3 is 2.00 bits per heavy atom. The lowest BCUT2D eigenvalue weighted by Gasteiger charge is -2.25. The van der Waals surface area contributed by atoms with Crippen LogP contribution in [0.15, 0.2) is 0 Å². The van der Waals surface area contributed by atoms with E-state index < -0.39 is 0 Å². The molecule has 0 saturated heterocycles. The number of rotatable bonds is 10. The summed E-state index contributed by atoms with van der Waals surface area (Å²) in [6, 6.07) is 0. The molecule has 0 bridgehead atoms. The van der Waals surface area contributed by atoms with E-state index in [4.69, 9.17) is 19.9 Å². The summed E-state index contributed by atoms with van der Waals surface area (Å²) in [5.41, 5.74) is 5.30. The van der Waals surface area contributed by atoms with E-state index in [9.17, 15) is 0 Å². The molecule has 18 heavy (non-hydrogen) atoms. The molecule has 0 aromatic carbocycles. The van der Waals surface area contributed by atoms with Gasteiger partial charge in [0.2, 0.25) is 0 Å². The molecule has 1 aliphatic rings. The molecule has 1 fully saturated rings. The highest BCUT2D eigenvalue weighted by molar-refractivity contribution is 4.69. The van der Waals surface area contributed by atoms with Crippen molar-refractivity contribution in [2.45, 2.75) is 32.6 Å². The lowest BCUT2D eigenvalue weighted by atomic mass is 9.83. The number of nitrogens with two attached hydrogens (primary N) is 1. The van der Waals surface area contributed by atoms with E-state index >= 15 is 0 Å². The first-order valence-electron chi connectivity index (χ1n) is 7.26.